The van der Waals surface area contributed by atoms with Crippen molar-refractivity contribution in [3.8, 4) is 0 Å². The zero-order valence-electron chi connectivity index (χ0n) is 10.9. The molecule has 0 amide bonds. The van der Waals surface area contributed by atoms with Crippen LogP contribution in [-0.4, -0.2) is 24.9 Å². The van der Waals surface area contributed by atoms with E-state index in [1.54, 1.807) is 12.1 Å². The summed E-state index contributed by atoms with van der Waals surface area (Å²) in [5.41, 5.74) is 1.42. The standard InChI is InChI=1S/C13H16N2O2S/c1-13(2,3)9-7-11-10(5-6-14-15-11)12(8-9)18(4,16)17/h5-8H,1-4H3. The average molecular weight is 264 g/mol. The molecule has 0 aliphatic heterocycles. The van der Waals surface area contributed by atoms with Crippen molar-refractivity contribution in [1.29, 1.82) is 0 Å². The molecule has 0 fully saturated rings. The fourth-order valence-electron chi connectivity index (χ4n) is 1.81. The highest BCUT2D eigenvalue weighted by atomic mass is 32.2. The number of nitrogens with zero attached hydrogens (tertiary/aromatic N) is 2. The van der Waals surface area contributed by atoms with Crippen molar-refractivity contribution < 1.29 is 8.42 Å². The molecule has 0 saturated heterocycles. The topological polar surface area (TPSA) is 59.9 Å². The summed E-state index contributed by atoms with van der Waals surface area (Å²) in [6.07, 6.45) is 2.72. The van der Waals surface area contributed by atoms with Crippen LogP contribution < -0.4 is 0 Å². The van der Waals surface area contributed by atoms with Crippen LogP contribution in [0.3, 0.4) is 0 Å². The summed E-state index contributed by atoms with van der Waals surface area (Å²) in [4.78, 5) is 0.319. The monoisotopic (exact) mass is 264 g/mol. The van der Waals surface area contributed by atoms with Gasteiger partial charge in [-0.1, -0.05) is 20.8 Å². The summed E-state index contributed by atoms with van der Waals surface area (Å²) >= 11 is 0. The molecule has 0 atom stereocenters. The van der Waals surface area contributed by atoms with E-state index in [9.17, 15) is 8.42 Å². The second kappa shape index (κ2) is 4.02. The number of aromatic nitrogens is 2. The van der Waals surface area contributed by atoms with Gasteiger partial charge in [0.1, 0.15) is 0 Å². The predicted molar refractivity (Wildman–Crippen MR) is 71.3 cm³/mol. The van der Waals surface area contributed by atoms with Gasteiger partial charge in [-0.15, -0.1) is 0 Å². The molecule has 0 aliphatic carbocycles. The molecule has 0 N–H and O–H groups in total. The lowest BCUT2D eigenvalue weighted by molar-refractivity contribution is 0.586. The van der Waals surface area contributed by atoms with Gasteiger partial charge in [-0.25, -0.2) is 8.42 Å². The van der Waals surface area contributed by atoms with E-state index in [1.165, 1.54) is 12.5 Å². The molecule has 4 nitrogen and oxygen atoms in total. The summed E-state index contributed by atoms with van der Waals surface area (Å²) in [6.45, 7) is 6.11. The Kier molecular flexibility index (Phi) is 2.89. The van der Waals surface area contributed by atoms with Gasteiger partial charge in [-0.3, -0.25) is 0 Å². The molecule has 18 heavy (non-hydrogen) atoms. The molecule has 0 radical (unpaired) electrons. The van der Waals surface area contributed by atoms with Crippen molar-refractivity contribution in [3.05, 3.63) is 30.0 Å². The first-order chi connectivity index (χ1) is 8.19. The Morgan fingerprint density at radius 3 is 2.39 bits per heavy atom. The van der Waals surface area contributed by atoms with Crippen LogP contribution in [0.5, 0.6) is 0 Å². The third kappa shape index (κ3) is 2.36. The second-order valence-corrected chi connectivity index (χ2v) is 7.44. The number of sulfone groups is 1. The molecule has 2 rings (SSSR count). The van der Waals surface area contributed by atoms with Crippen LogP contribution in [0.2, 0.25) is 0 Å². The number of hydrogen-bond donors (Lipinski definition) is 0. The number of fused-ring (bicyclic) bond motifs is 1. The first kappa shape index (κ1) is 13.0. The SMILES string of the molecule is CC(C)(C)c1cc(S(C)(=O)=O)c2ccnnc2c1. The first-order valence-electron chi connectivity index (χ1n) is 5.65. The summed E-state index contributed by atoms with van der Waals surface area (Å²) in [6, 6.07) is 5.32. The Balaban J connectivity index is 2.90. The number of benzene rings is 1. The van der Waals surface area contributed by atoms with E-state index in [2.05, 4.69) is 10.2 Å². The minimum atomic E-state index is -3.28. The van der Waals surface area contributed by atoms with Gasteiger partial charge in [0.15, 0.2) is 9.84 Å². The van der Waals surface area contributed by atoms with Crippen LogP contribution in [-0.2, 0) is 15.3 Å². The molecule has 96 valence electrons. The van der Waals surface area contributed by atoms with Gasteiger partial charge in [0, 0.05) is 11.6 Å². The van der Waals surface area contributed by atoms with Gasteiger partial charge < -0.3 is 0 Å². The Morgan fingerprint density at radius 1 is 1.17 bits per heavy atom. The Labute approximate surface area is 107 Å². The van der Waals surface area contributed by atoms with Crippen LogP contribution in [0.25, 0.3) is 10.9 Å². The molecular formula is C13H16N2O2S. The zero-order valence-corrected chi connectivity index (χ0v) is 11.7. The van der Waals surface area contributed by atoms with Crippen molar-refractivity contribution >= 4 is 20.7 Å². The Hall–Kier alpha value is -1.49. The van der Waals surface area contributed by atoms with Gasteiger partial charge in [0.05, 0.1) is 16.6 Å². The first-order valence-corrected chi connectivity index (χ1v) is 7.55. The van der Waals surface area contributed by atoms with Gasteiger partial charge in [0.2, 0.25) is 0 Å². The van der Waals surface area contributed by atoms with Gasteiger partial charge in [0.25, 0.3) is 0 Å². The van der Waals surface area contributed by atoms with Crippen molar-refractivity contribution in [2.45, 2.75) is 31.1 Å². The summed E-state index contributed by atoms with van der Waals surface area (Å²) in [7, 11) is -3.28. The van der Waals surface area contributed by atoms with E-state index >= 15 is 0 Å². The maximum atomic E-state index is 11.9. The summed E-state index contributed by atoms with van der Waals surface area (Å²) < 4.78 is 23.8. The van der Waals surface area contributed by atoms with E-state index in [4.69, 9.17) is 0 Å². The van der Waals surface area contributed by atoms with Crippen molar-refractivity contribution in [3.63, 3.8) is 0 Å². The molecule has 1 aromatic carbocycles. The van der Waals surface area contributed by atoms with E-state index in [0.29, 0.717) is 15.8 Å². The zero-order chi connectivity index (χ0) is 13.6. The fraction of sp³-hybridized carbons (Fsp3) is 0.385. The molecule has 0 aliphatic rings. The van der Waals surface area contributed by atoms with Gasteiger partial charge in [-0.05, 0) is 29.2 Å². The van der Waals surface area contributed by atoms with E-state index < -0.39 is 9.84 Å². The van der Waals surface area contributed by atoms with E-state index in [1.807, 2.05) is 26.8 Å². The van der Waals surface area contributed by atoms with Crippen molar-refractivity contribution in [1.82, 2.24) is 10.2 Å². The molecule has 0 saturated carbocycles. The minimum Gasteiger partial charge on any atom is -0.224 e. The van der Waals surface area contributed by atoms with Crippen LogP contribution in [0, 0.1) is 0 Å². The minimum absolute atomic E-state index is 0.134. The van der Waals surface area contributed by atoms with Gasteiger partial charge in [-0.2, -0.15) is 10.2 Å². The lowest BCUT2D eigenvalue weighted by atomic mass is 9.86. The third-order valence-corrected chi connectivity index (χ3v) is 4.00. The highest BCUT2D eigenvalue weighted by Gasteiger charge is 2.20. The molecular weight excluding hydrogens is 248 g/mol. The van der Waals surface area contributed by atoms with Crippen LogP contribution in [0.4, 0.5) is 0 Å². The van der Waals surface area contributed by atoms with E-state index in [0.717, 1.165) is 5.56 Å². The third-order valence-electron chi connectivity index (χ3n) is 2.86. The lowest BCUT2D eigenvalue weighted by Gasteiger charge is -2.20. The highest BCUT2D eigenvalue weighted by Crippen LogP contribution is 2.29. The molecule has 5 heteroatoms. The molecule has 0 bridgehead atoms. The predicted octanol–water partition coefficient (Wildman–Crippen LogP) is 2.33. The van der Waals surface area contributed by atoms with Crippen molar-refractivity contribution in [2.24, 2.45) is 0 Å². The maximum absolute atomic E-state index is 11.9. The molecule has 0 unspecified atom stereocenters. The van der Waals surface area contributed by atoms with Gasteiger partial charge >= 0.3 is 0 Å². The second-order valence-electron chi connectivity index (χ2n) is 5.46. The highest BCUT2D eigenvalue weighted by molar-refractivity contribution is 7.91. The summed E-state index contributed by atoms with van der Waals surface area (Å²) in [5.74, 6) is 0. The van der Waals surface area contributed by atoms with Crippen LogP contribution >= 0.6 is 0 Å². The molecule has 0 spiro atoms. The van der Waals surface area contributed by atoms with E-state index in [-0.39, 0.29) is 5.41 Å². The quantitative estimate of drug-likeness (QED) is 0.793. The lowest BCUT2D eigenvalue weighted by Crippen LogP contribution is -2.13. The number of rotatable bonds is 1. The largest absolute Gasteiger partial charge is 0.224 e. The molecule has 1 aromatic heterocycles. The van der Waals surface area contributed by atoms with Crippen molar-refractivity contribution in [2.75, 3.05) is 6.26 Å². The average Bonchev–Trinajstić information content (AvgIpc) is 2.25. The normalized spacial score (nSPS) is 12.9. The summed E-state index contributed by atoms with van der Waals surface area (Å²) in [5, 5.41) is 8.45. The maximum Gasteiger partial charge on any atom is 0.176 e. The molecule has 2 aromatic rings. The smallest absolute Gasteiger partial charge is 0.176 e. The number of hydrogen-bond acceptors (Lipinski definition) is 4. The Bertz CT molecular complexity index is 700. The van der Waals surface area contributed by atoms with Crippen LogP contribution in [0.15, 0.2) is 29.3 Å². The Morgan fingerprint density at radius 2 is 1.83 bits per heavy atom. The van der Waals surface area contributed by atoms with Crippen LogP contribution in [0.1, 0.15) is 26.3 Å². The molecule has 1 heterocycles. The fourth-order valence-corrected chi connectivity index (χ4v) is 2.72.